The van der Waals surface area contributed by atoms with Crippen molar-refractivity contribution in [2.45, 2.75) is 11.8 Å². The summed E-state index contributed by atoms with van der Waals surface area (Å²) in [5, 5.41) is 3.29. The van der Waals surface area contributed by atoms with Crippen LogP contribution in [0.4, 0.5) is 0 Å². The van der Waals surface area contributed by atoms with Crippen molar-refractivity contribution in [1.29, 1.82) is 0 Å². The van der Waals surface area contributed by atoms with E-state index in [-0.39, 0.29) is 29.5 Å². The zero-order valence-corrected chi connectivity index (χ0v) is 15.4. The lowest BCUT2D eigenvalue weighted by molar-refractivity contribution is 0.0947. The van der Waals surface area contributed by atoms with Crippen LogP contribution in [-0.4, -0.2) is 34.5 Å². The molecule has 0 atom stereocenters. The molecule has 8 heteroatoms. The Morgan fingerprint density at radius 2 is 1.96 bits per heavy atom. The molecule has 6 nitrogen and oxygen atoms in total. The van der Waals surface area contributed by atoms with Gasteiger partial charge in [-0.25, -0.2) is 13.1 Å². The van der Waals surface area contributed by atoms with Gasteiger partial charge in [-0.1, -0.05) is 23.7 Å². The second-order valence-corrected chi connectivity index (χ2v) is 7.54. The van der Waals surface area contributed by atoms with Gasteiger partial charge in [0.25, 0.3) is 5.91 Å². The Kier molecular flexibility index (Phi) is 6.41. The van der Waals surface area contributed by atoms with E-state index < -0.39 is 10.0 Å². The van der Waals surface area contributed by atoms with Gasteiger partial charge in [-0.3, -0.25) is 4.79 Å². The van der Waals surface area contributed by atoms with Crippen LogP contribution in [0.15, 0.2) is 47.4 Å². The molecule has 0 aliphatic heterocycles. The summed E-state index contributed by atoms with van der Waals surface area (Å²) in [4.78, 5) is 12.2. The predicted octanol–water partition coefficient (Wildman–Crippen LogP) is 2.37. The minimum absolute atomic E-state index is 0.0354. The maximum absolute atomic E-state index is 12.1. The molecule has 0 heterocycles. The van der Waals surface area contributed by atoms with E-state index in [0.717, 1.165) is 5.56 Å². The number of rotatable bonds is 7. The Labute approximate surface area is 152 Å². The Morgan fingerprint density at radius 3 is 2.64 bits per heavy atom. The summed E-state index contributed by atoms with van der Waals surface area (Å²) in [6.07, 6.45) is 0. The highest BCUT2D eigenvalue weighted by Gasteiger charge is 2.14. The molecule has 0 saturated heterocycles. The van der Waals surface area contributed by atoms with E-state index in [0.29, 0.717) is 10.8 Å². The number of benzene rings is 2. The number of hydrogen-bond donors (Lipinski definition) is 2. The average molecular weight is 383 g/mol. The van der Waals surface area contributed by atoms with Crippen LogP contribution >= 0.6 is 11.6 Å². The molecule has 0 aliphatic carbocycles. The van der Waals surface area contributed by atoms with E-state index >= 15 is 0 Å². The summed E-state index contributed by atoms with van der Waals surface area (Å²) in [5.41, 5.74) is 1.22. The number of amides is 1. The number of nitrogens with one attached hydrogen (secondary N) is 2. The van der Waals surface area contributed by atoms with E-state index in [9.17, 15) is 13.2 Å². The maximum atomic E-state index is 12.1. The predicted molar refractivity (Wildman–Crippen MR) is 96.7 cm³/mol. The Bertz CT molecular complexity index is 869. The maximum Gasteiger partial charge on any atom is 0.251 e. The number of carbonyl (C=O) groups excluding carboxylic acids is 1. The molecule has 0 radical (unpaired) electrons. The van der Waals surface area contributed by atoms with Gasteiger partial charge in [-0.15, -0.1) is 0 Å². The normalized spacial score (nSPS) is 11.2. The fourth-order valence-corrected chi connectivity index (χ4v) is 2.97. The molecule has 0 aromatic heterocycles. The van der Waals surface area contributed by atoms with Crippen LogP contribution in [0, 0.1) is 6.92 Å². The highest BCUT2D eigenvalue weighted by Crippen LogP contribution is 2.21. The van der Waals surface area contributed by atoms with Crippen LogP contribution in [0.1, 0.15) is 15.9 Å². The third kappa shape index (κ3) is 5.19. The van der Waals surface area contributed by atoms with Crippen LogP contribution in [0.25, 0.3) is 0 Å². The van der Waals surface area contributed by atoms with Crippen molar-refractivity contribution in [2.75, 3.05) is 20.2 Å². The number of sulfonamides is 1. The van der Waals surface area contributed by atoms with Gasteiger partial charge in [-0.2, -0.15) is 0 Å². The topological polar surface area (TPSA) is 84.5 Å². The lowest BCUT2D eigenvalue weighted by atomic mass is 10.2. The number of ether oxygens (including phenoxy) is 1. The third-order valence-corrected chi connectivity index (χ3v) is 5.29. The molecule has 0 aliphatic rings. The summed E-state index contributed by atoms with van der Waals surface area (Å²) >= 11 is 6.02. The molecular weight excluding hydrogens is 364 g/mol. The summed E-state index contributed by atoms with van der Waals surface area (Å²) in [6, 6.07) is 11.2. The summed E-state index contributed by atoms with van der Waals surface area (Å²) in [6.45, 7) is 2.43. The summed E-state index contributed by atoms with van der Waals surface area (Å²) < 4.78 is 31.3. The number of aryl methyl sites for hydroxylation is 1. The Hall–Kier alpha value is -2.09. The molecule has 0 bridgehead atoms. The van der Waals surface area contributed by atoms with Crippen molar-refractivity contribution >= 4 is 27.5 Å². The van der Waals surface area contributed by atoms with E-state index in [4.69, 9.17) is 16.3 Å². The summed E-state index contributed by atoms with van der Waals surface area (Å²) in [7, 11) is -2.27. The van der Waals surface area contributed by atoms with Gasteiger partial charge in [0.05, 0.1) is 11.4 Å². The highest BCUT2D eigenvalue weighted by atomic mass is 35.5. The summed E-state index contributed by atoms with van der Waals surface area (Å²) in [5.74, 6) is 0.241. The van der Waals surface area contributed by atoms with E-state index in [1.165, 1.54) is 25.2 Å². The smallest absolute Gasteiger partial charge is 0.251 e. The number of hydrogen-bond acceptors (Lipinski definition) is 4. The van der Waals surface area contributed by atoms with Crippen molar-refractivity contribution < 1.29 is 17.9 Å². The molecule has 0 unspecified atom stereocenters. The lowest BCUT2D eigenvalue weighted by Gasteiger charge is -2.09. The Balaban J connectivity index is 1.90. The molecule has 25 heavy (non-hydrogen) atoms. The van der Waals surface area contributed by atoms with Gasteiger partial charge in [0, 0.05) is 10.6 Å². The average Bonchev–Trinajstić information content (AvgIpc) is 2.61. The Morgan fingerprint density at radius 1 is 1.20 bits per heavy atom. The zero-order chi connectivity index (χ0) is 18.4. The van der Waals surface area contributed by atoms with Crippen LogP contribution in [-0.2, 0) is 10.0 Å². The first-order valence-electron chi connectivity index (χ1n) is 7.54. The lowest BCUT2D eigenvalue weighted by Crippen LogP contribution is -2.28. The molecule has 2 rings (SSSR count). The molecular formula is C17H19ClN2O4S. The molecule has 2 aromatic carbocycles. The van der Waals surface area contributed by atoms with Gasteiger partial charge < -0.3 is 10.1 Å². The van der Waals surface area contributed by atoms with Crippen molar-refractivity contribution in [3.8, 4) is 5.75 Å². The molecule has 1 amide bonds. The quantitative estimate of drug-likeness (QED) is 0.720. The zero-order valence-electron chi connectivity index (χ0n) is 13.9. The molecule has 2 N–H and O–H groups in total. The SMILES string of the molecule is CNS(=O)(=O)c1cccc(C(=O)NCCOc2ccc(C)c(Cl)c2)c1. The first-order valence-corrected chi connectivity index (χ1v) is 9.40. The minimum Gasteiger partial charge on any atom is -0.492 e. The standard InChI is InChI=1S/C17H19ClN2O4S/c1-12-6-7-14(11-16(12)18)24-9-8-20-17(21)13-4-3-5-15(10-13)25(22,23)19-2/h3-7,10-11,19H,8-9H2,1-2H3,(H,20,21). The fraction of sp³-hybridized carbons (Fsp3) is 0.235. The van der Waals surface area contributed by atoms with Crippen LogP contribution in [0.2, 0.25) is 5.02 Å². The van der Waals surface area contributed by atoms with Gasteiger partial charge >= 0.3 is 0 Å². The molecule has 134 valence electrons. The van der Waals surface area contributed by atoms with Crippen LogP contribution in [0.3, 0.4) is 0 Å². The second kappa shape index (κ2) is 8.33. The number of halogens is 1. The molecule has 0 spiro atoms. The molecule has 2 aromatic rings. The van der Waals surface area contributed by atoms with Gasteiger partial charge in [0.2, 0.25) is 10.0 Å². The number of carbonyl (C=O) groups is 1. The van der Waals surface area contributed by atoms with Crippen molar-refractivity contribution in [3.05, 3.63) is 58.6 Å². The molecule has 0 saturated carbocycles. The van der Waals surface area contributed by atoms with Gasteiger partial charge in [0.1, 0.15) is 12.4 Å². The van der Waals surface area contributed by atoms with Crippen molar-refractivity contribution in [1.82, 2.24) is 10.0 Å². The monoisotopic (exact) mass is 382 g/mol. The van der Waals surface area contributed by atoms with Gasteiger partial charge in [0.15, 0.2) is 0 Å². The van der Waals surface area contributed by atoms with Crippen molar-refractivity contribution in [2.24, 2.45) is 0 Å². The second-order valence-electron chi connectivity index (χ2n) is 5.25. The first kappa shape index (κ1) is 19.2. The fourth-order valence-electron chi connectivity index (χ4n) is 2.02. The van der Waals surface area contributed by atoms with E-state index in [1.54, 1.807) is 18.2 Å². The van der Waals surface area contributed by atoms with E-state index in [1.807, 2.05) is 13.0 Å². The van der Waals surface area contributed by atoms with Crippen molar-refractivity contribution in [3.63, 3.8) is 0 Å². The van der Waals surface area contributed by atoms with Gasteiger partial charge in [-0.05, 0) is 49.9 Å². The van der Waals surface area contributed by atoms with E-state index in [2.05, 4.69) is 10.0 Å². The minimum atomic E-state index is -3.59. The highest BCUT2D eigenvalue weighted by molar-refractivity contribution is 7.89. The van der Waals surface area contributed by atoms with Crippen LogP contribution < -0.4 is 14.8 Å². The largest absolute Gasteiger partial charge is 0.492 e. The molecule has 0 fully saturated rings. The first-order chi connectivity index (χ1) is 11.8. The third-order valence-electron chi connectivity index (χ3n) is 3.47. The van der Waals surface area contributed by atoms with Crippen LogP contribution in [0.5, 0.6) is 5.75 Å².